The largest absolute Gasteiger partial charge is 0.508 e. The van der Waals surface area contributed by atoms with E-state index in [4.69, 9.17) is 10.5 Å². The summed E-state index contributed by atoms with van der Waals surface area (Å²) in [6.07, 6.45) is 0.225. The zero-order valence-electron chi connectivity index (χ0n) is 24.1. The lowest BCUT2D eigenvalue weighted by atomic mass is 9.57. The minimum Gasteiger partial charge on any atom is -0.508 e. The van der Waals surface area contributed by atoms with E-state index in [2.05, 4.69) is 0 Å². The van der Waals surface area contributed by atoms with Crippen molar-refractivity contribution >= 4 is 23.2 Å². The number of rotatable bonds is 6. The van der Waals surface area contributed by atoms with Crippen LogP contribution in [0.1, 0.15) is 23.1 Å². The van der Waals surface area contributed by atoms with E-state index in [0.29, 0.717) is 17.9 Å². The van der Waals surface area contributed by atoms with Gasteiger partial charge in [-0.25, -0.2) is 0 Å². The predicted molar refractivity (Wildman–Crippen MR) is 154 cm³/mol. The number of methoxy groups -OCH3 is 1. The van der Waals surface area contributed by atoms with Crippen LogP contribution in [0.5, 0.6) is 11.5 Å². The average molecular weight is 578 g/mol. The zero-order valence-corrected chi connectivity index (χ0v) is 24.1. The summed E-state index contributed by atoms with van der Waals surface area (Å²) in [6, 6.07) is 7.74. The molecule has 1 saturated carbocycles. The minimum absolute atomic E-state index is 0.0232. The van der Waals surface area contributed by atoms with E-state index in [1.807, 2.05) is 37.2 Å². The third kappa shape index (κ3) is 4.19. The van der Waals surface area contributed by atoms with E-state index in [-0.39, 0.29) is 29.7 Å². The number of Topliss-reactive ketones (excluding diaryl/α,β-unsaturated/α-hetero) is 2. The highest BCUT2D eigenvalue weighted by Gasteiger charge is 2.64. The van der Waals surface area contributed by atoms with Crippen molar-refractivity contribution < 1.29 is 39.5 Å². The van der Waals surface area contributed by atoms with Crippen molar-refractivity contribution in [1.82, 2.24) is 9.80 Å². The van der Waals surface area contributed by atoms with E-state index in [1.54, 1.807) is 27.3 Å². The average Bonchev–Trinajstić information content (AvgIpc) is 2.90. The van der Waals surface area contributed by atoms with Gasteiger partial charge < -0.3 is 35.8 Å². The molecule has 3 aliphatic rings. The number of primary amides is 1. The molecule has 11 nitrogen and oxygen atoms in total. The lowest BCUT2D eigenvalue weighted by Crippen LogP contribution is -2.65. The number of fused-ring (bicyclic) bond motifs is 3. The molecule has 0 unspecified atom stereocenters. The van der Waals surface area contributed by atoms with Gasteiger partial charge in [-0.1, -0.05) is 12.1 Å². The molecule has 1 amide bonds. The molecule has 5 rings (SSSR count). The Labute approximate surface area is 243 Å². The SMILES string of the molecule is COc1ccc(-c2ccc(O)c3c2C[C@@H]2C[C@@H]4[C@@H](N(C)C)C(=O)C(C(N)=O)=C(O)[C@]4(O)C(=O)C2=C3O)cc1CN(C)C. The first-order valence-corrected chi connectivity index (χ1v) is 13.6. The molecule has 2 aromatic rings. The Morgan fingerprint density at radius 1 is 1.10 bits per heavy atom. The standard InChI is InChI=1S/C31H35N3O8/c1-33(2)13-16-10-14(6-9-21(16)42-5)17-7-8-20(35)23-18(17)11-15-12-19-25(34(3)4)27(37)24(30(32)40)29(39)31(19,41)28(38)22(15)26(23)36/h6-10,15,19,25,35-36,39,41H,11-13H2,1-5H3,(H2,32,40)/t15-,19-,25-,31-/m1/s1. The number of carbonyl (C=O) groups is 3. The summed E-state index contributed by atoms with van der Waals surface area (Å²) >= 11 is 0. The van der Waals surface area contributed by atoms with Crippen molar-refractivity contribution in [2.24, 2.45) is 17.6 Å². The molecule has 0 aromatic heterocycles. The summed E-state index contributed by atoms with van der Waals surface area (Å²) in [6.45, 7) is 0.605. The number of likely N-dealkylation sites (N-methyl/N-ethyl adjacent to an activating group) is 1. The molecule has 0 aliphatic heterocycles. The van der Waals surface area contributed by atoms with Crippen molar-refractivity contribution in [2.75, 3.05) is 35.3 Å². The van der Waals surface area contributed by atoms with Crippen molar-refractivity contribution in [1.29, 1.82) is 0 Å². The molecule has 1 fully saturated rings. The molecule has 4 atom stereocenters. The monoisotopic (exact) mass is 577 g/mol. The van der Waals surface area contributed by atoms with Crippen LogP contribution >= 0.6 is 0 Å². The van der Waals surface area contributed by atoms with Crippen molar-refractivity contribution in [2.45, 2.75) is 31.0 Å². The number of benzene rings is 2. The molecular formula is C31H35N3O8. The van der Waals surface area contributed by atoms with Crippen LogP contribution in [0, 0.1) is 11.8 Å². The highest BCUT2D eigenvalue weighted by Crippen LogP contribution is 2.53. The fourth-order valence-electron chi connectivity index (χ4n) is 6.92. The summed E-state index contributed by atoms with van der Waals surface area (Å²) < 4.78 is 5.54. The quantitative estimate of drug-likeness (QED) is 0.318. The number of aliphatic hydroxyl groups excluding tert-OH is 2. The maximum Gasteiger partial charge on any atom is 0.255 e. The van der Waals surface area contributed by atoms with Gasteiger partial charge in [-0.3, -0.25) is 19.3 Å². The van der Waals surface area contributed by atoms with Gasteiger partial charge >= 0.3 is 0 Å². The number of carbonyl (C=O) groups excluding carboxylic acids is 3. The third-order valence-corrected chi connectivity index (χ3v) is 8.68. The van der Waals surface area contributed by atoms with Crippen molar-refractivity contribution in [3.8, 4) is 22.6 Å². The Balaban J connectivity index is 1.71. The van der Waals surface area contributed by atoms with E-state index < -0.39 is 58.0 Å². The first-order chi connectivity index (χ1) is 19.7. The number of ether oxygens (including phenoxy) is 1. The molecule has 222 valence electrons. The van der Waals surface area contributed by atoms with Crippen LogP contribution in [0.25, 0.3) is 16.9 Å². The van der Waals surface area contributed by atoms with Crippen LogP contribution in [0.2, 0.25) is 0 Å². The lowest BCUT2D eigenvalue weighted by Gasteiger charge is -2.50. The van der Waals surface area contributed by atoms with Crippen molar-refractivity contribution in [3.05, 3.63) is 63.9 Å². The van der Waals surface area contributed by atoms with Crippen LogP contribution in [0.3, 0.4) is 0 Å². The van der Waals surface area contributed by atoms with Gasteiger partial charge in [-0.05, 0) is 81.8 Å². The van der Waals surface area contributed by atoms with Gasteiger partial charge in [-0.15, -0.1) is 0 Å². The second kappa shape index (κ2) is 10.3. The van der Waals surface area contributed by atoms with Crippen LogP contribution in [-0.4, -0.2) is 94.6 Å². The van der Waals surface area contributed by atoms with Crippen LogP contribution in [-0.2, 0) is 27.3 Å². The number of aromatic hydroxyl groups is 1. The molecule has 3 aliphatic carbocycles. The molecule has 0 bridgehead atoms. The number of phenols is 1. The third-order valence-electron chi connectivity index (χ3n) is 8.68. The molecule has 0 radical (unpaired) electrons. The molecule has 42 heavy (non-hydrogen) atoms. The van der Waals surface area contributed by atoms with Gasteiger partial charge in [0.05, 0.1) is 18.7 Å². The zero-order chi connectivity index (χ0) is 30.8. The summed E-state index contributed by atoms with van der Waals surface area (Å²) in [5.74, 6) is -6.07. The van der Waals surface area contributed by atoms with Gasteiger partial charge in [0.2, 0.25) is 5.78 Å². The topological polar surface area (TPSA) is 174 Å². The summed E-state index contributed by atoms with van der Waals surface area (Å²) in [4.78, 5) is 43.0. The van der Waals surface area contributed by atoms with Gasteiger partial charge in [0.25, 0.3) is 5.91 Å². The molecular weight excluding hydrogens is 542 g/mol. The maximum atomic E-state index is 14.0. The van der Waals surface area contributed by atoms with Crippen LogP contribution in [0.15, 0.2) is 47.2 Å². The Bertz CT molecular complexity index is 1590. The summed E-state index contributed by atoms with van der Waals surface area (Å²) in [5.41, 5.74) is 4.81. The Kier molecular flexibility index (Phi) is 7.16. The first kappa shape index (κ1) is 29.3. The number of amides is 1. The second-order valence-electron chi connectivity index (χ2n) is 11.7. The number of ketones is 2. The number of aliphatic hydroxyl groups is 3. The van der Waals surface area contributed by atoms with Gasteiger partial charge in [-0.2, -0.15) is 0 Å². The number of nitrogens with two attached hydrogens (primary N) is 1. The lowest BCUT2D eigenvalue weighted by molar-refractivity contribution is -0.153. The Morgan fingerprint density at radius 2 is 1.79 bits per heavy atom. The van der Waals surface area contributed by atoms with E-state index in [1.165, 1.54) is 11.0 Å². The maximum absolute atomic E-state index is 14.0. The summed E-state index contributed by atoms with van der Waals surface area (Å²) in [5, 5.41) is 45.2. The fraction of sp³-hybridized carbons (Fsp3) is 0.387. The Morgan fingerprint density at radius 3 is 2.38 bits per heavy atom. The fourth-order valence-corrected chi connectivity index (χ4v) is 6.92. The van der Waals surface area contributed by atoms with Crippen LogP contribution < -0.4 is 10.5 Å². The number of nitrogens with zero attached hydrogens (tertiary/aromatic N) is 2. The van der Waals surface area contributed by atoms with Gasteiger partial charge in [0.1, 0.15) is 28.6 Å². The minimum atomic E-state index is -2.67. The summed E-state index contributed by atoms with van der Waals surface area (Å²) in [7, 11) is 8.61. The van der Waals surface area contributed by atoms with Gasteiger partial charge in [0, 0.05) is 23.6 Å². The van der Waals surface area contributed by atoms with E-state index >= 15 is 0 Å². The molecule has 6 N–H and O–H groups in total. The second-order valence-corrected chi connectivity index (χ2v) is 11.7. The number of hydrogen-bond acceptors (Lipinski definition) is 10. The molecule has 2 aromatic carbocycles. The normalized spacial score (nSPS) is 25.5. The highest BCUT2D eigenvalue weighted by molar-refractivity contribution is 6.24. The number of phenolic OH excluding ortho intramolecular Hbond substituents is 1. The van der Waals surface area contributed by atoms with Gasteiger partial charge in [0.15, 0.2) is 11.4 Å². The van der Waals surface area contributed by atoms with E-state index in [9.17, 15) is 34.8 Å². The Hall–Kier alpha value is -4.19. The van der Waals surface area contributed by atoms with E-state index in [0.717, 1.165) is 16.7 Å². The highest BCUT2D eigenvalue weighted by atomic mass is 16.5. The molecule has 11 heteroatoms. The number of hydrogen-bond donors (Lipinski definition) is 5. The molecule has 0 heterocycles. The van der Waals surface area contributed by atoms with Crippen molar-refractivity contribution in [3.63, 3.8) is 0 Å². The first-order valence-electron chi connectivity index (χ1n) is 13.6. The van der Waals surface area contributed by atoms with Crippen LogP contribution in [0.4, 0.5) is 0 Å². The smallest absolute Gasteiger partial charge is 0.255 e. The molecule has 0 spiro atoms. The predicted octanol–water partition coefficient (Wildman–Crippen LogP) is 1.70. The molecule has 0 saturated heterocycles.